The summed E-state index contributed by atoms with van der Waals surface area (Å²) in [5, 5.41) is 9.83. The Kier molecular flexibility index (Phi) is 3.39. The number of carbonyl (C=O) groups is 1. The van der Waals surface area contributed by atoms with Crippen molar-refractivity contribution in [2.75, 3.05) is 0 Å². The van der Waals surface area contributed by atoms with E-state index in [2.05, 4.69) is 0 Å². The fraction of sp³-hybridized carbons (Fsp3) is 0.500. The van der Waals surface area contributed by atoms with Gasteiger partial charge in [0.15, 0.2) is 5.78 Å². The summed E-state index contributed by atoms with van der Waals surface area (Å²) in [6, 6.07) is 7.61. The number of aliphatic hydroxyl groups excluding tert-OH is 1. The maximum Gasteiger partial charge on any atom is 0.168 e. The van der Waals surface area contributed by atoms with Crippen molar-refractivity contribution in [3.05, 3.63) is 35.4 Å². The summed E-state index contributed by atoms with van der Waals surface area (Å²) < 4.78 is 0. The third kappa shape index (κ3) is 2.33. The molecule has 1 aliphatic carbocycles. The van der Waals surface area contributed by atoms with Crippen LogP contribution in [0.3, 0.4) is 0 Å². The van der Waals surface area contributed by atoms with E-state index in [1.54, 1.807) is 0 Å². The molecule has 0 bridgehead atoms. The molecule has 0 amide bonds. The van der Waals surface area contributed by atoms with Crippen molar-refractivity contribution < 1.29 is 9.90 Å². The van der Waals surface area contributed by atoms with Crippen molar-refractivity contribution in [3.63, 3.8) is 0 Å². The van der Waals surface area contributed by atoms with Crippen LogP contribution < -0.4 is 0 Å². The molecule has 2 heteroatoms. The number of rotatable bonds is 2. The highest BCUT2D eigenvalue weighted by molar-refractivity contribution is 5.98. The third-order valence-corrected chi connectivity index (χ3v) is 3.40. The summed E-state index contributed by atoms with van der Waals surface area (Å²) in [6.07, 6.45) is 3.25. The normalized spacial score (nSPS) is 25.4. The van der Waals surface area contributed by atoms with Gasteiger partial charge < -0.3 is 5.11 Å². The van der Waals surface area contributed by atoms with E-state index in [-0.39, 0.29) is 11.7 Å². The lowest BCUT2D eigenvalue weighted by molar-refractivity contribution is 0.0525. The SMILES string of the molecule is Cc1ccc(C(=O)C2CCCCC2O)cc1. The zero-order chi connectivity index (χ0) is 11.5. The number of aliphatic hydroxyl groups is 1. The standard InChI is InChI=1S/C14H18O2/c1-10-6-8-11(9-7-10)14(16)12-4-2-3-5-13(12)15/h6-9,12-13,15H,2-5H2,1H3. The highest BCUT2D eigenvalue weighted by atomic mass is 16.3. The first kappa shape index (κ1) is 11.3. The van der Waals surface area contributed by atoms with Gasteiger partial charge in [0.2, 0.25) is 0 Å². The van der Waals surface area contributed by atoms with E-state index >= 15 is 0 Å². The van der Waals surface area contributed by atoms with Crippen LogP contribution in [0.5, 0.6) is 0 Å². The zero-order valence-electron chi connectivity index (χ0n) is 9.65. The van der Waals surface area contributed by atoms with Crippen molar-refractivity contribution in [2.24, 2.45) is 5.92 Å². The fourth-order valence-electron chi connectivity index (χ4n) is 2.35. The molecule has 2 atom stereocenters. The summed E-state index contributed by atoms with van der Waals surface area (Å²) in [6.45, 7) is 2.00. The van der Waals surface area contributed by atoms with Crippen LogP contribution >= 0.6 is 0 Å². The largest absolute Gasteiger partial charge is 0.392 e. The van der Waals surface area contributed by atoms with Gasteiger partial charge in [0.25, 0.3) is 0 Å². The molecule has 1 aliphatic rings. The van der Waals surface area contributed by atoms with Gasteiger partial charge in [-0.3, -0.25) is 4.79 Å². The lowest BCUT2D eigenvalue weighted by Gasteiger charge is -2.26. The average Bonchev–Trinajstić information content (AvgIpc) is 2.30. The Morgan fingerprint density at radius 3 is 2.44 bits per heavy atom. The Hall–Kier alpha value is -1.15. The van der Waals surface area contributed by atoms with E-state index in [9.17, 15) is 9.90 Å². The number of Topliss-reactive ketones (excluding diaryl/α,β-unsaturated/α-hetero) is 1. The van der Waals surface area contributed by atoms with Gasteiger partial charge in [0.05, 0.1) is 6.10 Å². The average molecular weight is 218 g/mol. The van der Waals surface area contributed by atoms with Gasteiger partial charge in [-0.25, -0.2) is 0 Å². The first-order valence-electron chi connectivity index (χ1n) is 5.97. The van der Waals surface area contributed by atoms with E-state index in [0.29, 0.717) is 0 Å². The summed E-state index contributed by atoms with van der Waals surface area (Å²) in [4.78, 5) is 12.2. The van der Waals surface area contributed by atoms with Gasteiger partial charge in [-0.2, -0.15) is 0 Å². The Morgan fingerprint density at radius 1 is 1.19 bits per heavy atom. The van der Waals surface area contributed by atoms with Gasteiger partial charge in [-0.1, -0.05) is 42.7 Å². The highest BCUT2D eigenvalue weighted by Gasteiger charge is 2.29. The smallest absolute Gasteiger partial charge is 0.168 e. The Labute approximate surface area is 96.3 Å². The predicted molar refractivity (Wildman–Crippen MR) is 63.5 cm³/mol. The zero-order valence-corrected chi connectivity index (χ0v) is 9.65. The van der Waals surface area contributed by atoms with Crippen molar-refractivity contribution in [1.29, 1.82) is 0 Å². The topological polar surface area (TPSA) is 37.3 Å². The minimum absolute atomic E-state index is 0.104. The third-order valence-electron chi connectivity index (χ3n) is 3.40. The summed E-state index contributed by atoms with van der Waals surface area (Å²) in [5.74, 6) is -0.0799. The minimum Gasteiger partial charge on any atom is -0.392 e. The molecule has 1 aromatic carbocycles. The molecule has 2 rings (SSSR count). The molecule has 0 radical (unpaired) electrons. The van der Waals surface area contributed by atoms with Crippen LogP contribution in [0, 0.1) is 12.8 Å². The van der Waals surface area contributed by atoms with Crippen LogP contribution in [-0.2, 0) is 0 Å². The maximum absolute atomic E-state index is 12.2. The fourth-order valence-corrected chi connectivity index (χ4v) is 2.35. The number of aryl methyl sites for hydroxylation is 1. The van der Waals surface area contributed by atoms with Gasteiger partial charge in [0, 0.05) is 11.5 Å². The molecule has 2 nitrogen and oxygen atoms in total. The number of carbonyl (C=O) groups excluding carboxylic acids is 1. The second-order valence-electron chi connectivity index (χ2n) is 4.69. The molecular formula is C14H18O2. The van der Waals surface area contributed by atoms with Crippen LogP contribution in [0.25, 0.3) is 0 Å². The predicted octanol–water partition coefficient (Wildman–Crippen LogP) is 2.73. The van der Waals surface area contributed by atoms with Crippen LogP contribution in [0.15, 0.2) is 24.3 Å². The van der Waals surface area contributed by atoms with Crippen LogP contribution in [-0.4, -0.2) is 17.0 Å². The molecule has 0 spiro atoms. The van der Waals surface area contributed by atoms with Gasteiger partial charge >= 0.3 is 0 Å². The lowest BCUT2D eigenvalue weighted by atomic mass is 9.81. The minimum atomic E-state index is -0.442. The van der Waals surface area contributed by atoms with Crippen LogP contribution in [0.2, 0.25) is 0 Å². The molecule has 86 valence electrons. The molecule has 0 saturated heterocycles. The highest BCUT2D eigenvalue weighted by Crippen LogP contribution is 2.27. The monoisotopic (exact) mass is 218 g/mol. The molecule has 16 heavy (non-hydrogen) atoms. The Balaban J connectivity index is 2.14. The maximum atomic E-state index is 12.2. The molecule has 1 saturated carbocycles. The summed E-state index contributed by atoms with van der Waals surface area (Å²) >= 11 is 0. The molecule has 0 aromatic heterocycles. The molecule has 2 unspecified atom stereocenters. The lowest BCUT2D eigenvalue weighted by Crippen LogP contribution is -2.31. The Morgan fingerprint density at radius 2 is 1.81 bits per heavy atom. The number of hydrogen-bond donors (Lipinski definition) is 1. The first-order chi connectivity index (χ1) is 7.68. The van der Waals surface area contributed by atoms with Crippen molar-refractivity contribution in [3.8, 4) is 0 Å². The van der Waals surface area contributed by atoms with E-state index in [4.69, 9.17) is 0 Å². The summed E-state index contributed by atoms with van der Waals surface area (Å²) in [5.41, 5.74) is 1.89. The molecular weight excluding hydrogens is 200 g/mol. The molecule has 0 heterocycles. The molecule has 0 aliphatic heterocycles. The van der Waals surface area contributed by atoms with Crippen LogP contribution in [0.4, 0.5) is 0 Å². The summed E-state index contributed by atoms with van der Waals surface area (Å²) in [7, 11) is 0. The molecule has 1 fully saturated rings. The number of benzene rings is 1. The molecule has 1 N–H and O–H groups in total. The van der Waals surface area contributed by atoms with Crippen molar-refractivity contribution in [1.82, 2.24) is 0 Å². The second kappa shape index (κ2) is 4.79. The second-order valence-corrected chi connectivity index (χ2v) is 4.69. The van der Waals surface area contributed by atoms with Gasteiger partial charge in [0.1, 0.15) is 0 Å². The quantitative estimate of drug-likeness (QED) is 0.775. The van der Waals surface area contributed by atoms with Gasteiger partial charge in [-0.15, -0.1) is 0 Å². The van der Waals surface area contributed by atoms with E-state index in [1.165, 1.54) is 0 Å². The van der Waals surface area contributed by atoms with Crippen molar-refractivity contribution in [2.45, 2.75) is 38.7 Å². The number of hydrogen-bond acceptors (Lipinski definition) is 2. The van der Waals surface area contributed by atoms with E-state index in [1.807, 2.05) is 31.2 Å². The Bertz CT molecular complexity index is 367. The van der Waals surface area contributed by atoms with E-state index in [0.717, 1.165) is 36.8 Å². The first-order valence-corrected chi connectivity index (χ1v) is 5.97. The van der Waals surface area contributed by atoms with E-state index < -0.39 is 6.10 Å². The van der Waals surface area contributed by atoms with Crippen molar-refractivity contribution >= 4 is 5.78 Å². The molecule has 1 aromatic rings. The van der Waals surface area contributed by atoms with Gasteiger partial charge in [-0.05, 0) is 19.8 Å². The van der Waals surface area contributed by atoms with Crippen LogP contribution in [0.1, 0.15) is 41.6 Å². The number of ketones is 1.